The van der Waals surface area contributed by atoms with Crippen LogP contribution in [0.4, 0.5) is 0 Å². The van der Waals surface area contributed by atoms with Gasteiger partial charge in [0.2, 0.25) is 0 Å². The van der Waals surface area contributed by atoms with Gasteiger partial charge in [-0.05, 0) is 23.8 Å². The van der Waals surface area contributed by atoms with Gasteiger partial charge in [0, 0.05) is 29.7 Å². The topological polar surface area (TPSA) is 82.0 Å². The van der Waals surface area contributed by atoms with E-state index in [0.717, 1.165) is 16.5 Å². The number of hydrogen-bond donors (Lipinski definition) is 1. The van der Waals surface area contributed by atoms with Crippen LogP contribution in [0.5, 0.6) is 11.5 Å². The number of carbonyl (C=O) groups is 1. The number of nitrogens with zero attached hydrogens (tertiary/aromatic N) is 3. The molecule has 2 aromatic heterocycles. The molecule has 2 unspecified atom stereocenters. The van der Waals surface area contributed by atoms with Crippen LogP contribution in [-0.4, -0.2) is 32.1 Å². The van der Waals surface area contributed by atoms with Gasteiger partial charge in [-0.25, -0.2) is 0 Å². The molecule has 0 radical (unpaired) electrons. The summed E-state index contributed by atoms with van der Waals surface area (Å²) in [6, 6.07) is 25.2. The number of carbonyl (C=O) groups excluding carboxylic acids is 1. The zero-order valence-electron chi connectivity index (χ0n) is 18.9. The first-order chi connectivity index (χ1) is 17.2. The quantitative estimate of drug-likeness (QED) is 0.253. The van der Waals surface area contributed by atoms with Gasteiger partial charge in [-0.3, -0.25) is 4.79 Å². The van der Waals surface area contributed by atoms with Crippen molar-refractivity contribution in [3.05, 3.63) is 102 Å². The smallest absolute Gasteiger partial charge is 0.192 e. The molecule has 174 valence electrons. The normalized spacial score (nSPS) is 15.7. The first-order valence-corrected chi connectivity index (χ1v) is 12.2. The van der Waals surface area contributed by atoms with Crippen LogP contribution in [0, 0.1) is 0 Å². The van der Waals surface area contributed by atoms with Crippen molar-refractivity contribution in [3.8, 4) is 11.5 Å². The Morgan fingerprint density at radius 1 is 1.00 bits per heavy atom. The maximum absolute atomic E-state index is 13.8. The number of H-pyrrole nitrogens is 1. The molecule has 1 aliphatic rings. The van der Waals surface area contributed by atoms with E-state index in [1.54, 1.807) is 6.20 Å². The number of para-hydroxylation sites is 3. The predicted octanol–water partition coefficient (Wildman–Crippen LogP) is 5.53. The van der Waals surface area contributed by atoms with E-state index in [9.17, 15) is 4.79 Å². The Hall–Kier alpha value is -4.04. The number of rotatable bonds is 6. The minimum Gasteiger partial charge on any atom is -0.485 e. The van der Waals surface area contributed by atoms with Gasteiger partial charge < -0.3 is 19.0 Å². The Morgan fingerprint density at radius 3 is 2.60 bits per heavy atom. The molecule has 3 heterocycles. The van der Waals surface area contributed by atoms with Crippen molar-refractivity contribution in [2.45, 2.75) is 16.5 Å². The molecule has 3 aromatic carbocycles. The summed E-state index contributed by atoms with van der Waals surface area (Å²) in [4.78, 5) is 17.1. The van der Waals surface area contributed by atoms with Crippen molar-refractivity contribution in [2.75, 3.05) is 6.61 Å². The second kappa shape index (κ2) is 8.96. The first-order valence-electron chi connectivity index (χ1n) is 11.3. The van der Waals surface area contributed by atoms with Gasteiger partial charge in [0.05, 0.1) is 0 Å². The molecular weight excluding hydrogens is 460 g/mol. The van der Waals surface area contributed by atoms with Gasteiger partial charge in [-0.1, -0.05) is 72.4 Å². The summed E-state index contributed by atoms with van der Waals surface area (Å²) < 4.78 is 13.9. The van der Waals surface area contributed by atoms with Crippen LogP contribution < -0.4 is 9.47 Å². The average Bonchev–Trinajstić information content (AvgIpc) is 3.50. The van der Waals surface area contributed by atoms with E-state index in [2.05, 4.69) is 15.2 Å². The number of thioether (sulfide) groups is 1. The molecule has 1 N–H and O–H groups in total. The van der Waals surface area contributed by atoms with Crippen LogP contribution in [0.3, 0.4) is 0 Å². The van der Waals surface area contributed by atoms with Gasteiger partial charge in [-0.2, -0.15) is 0 Å². The molecule has 8 heteroatoms. The standard InChI is InChI=1S/C27H22N4O3S/c1-31-26(23-16-33-21-13-7-8-14-22(21)34-23)29-30-27(31)35-25(17-9-3-2-4-10-17)24(32)19-15-28-20-12-6-5-11-18(19)20/h2-15,23,25,28H,16H2,1H3. The molecule has 2 atom stereocenters. The summed E-state index contributed by atoms with van der Waals surface area (Å²) in [6.07, 6.45) is 1.40. The molecule has 0 saturated heterocycles. The van der Waals surface area contributed by atoms with Crippen LogP contribution in [0.15, 0.2) is 90.2 Å². The molecule has 35 heavy (non-hydrogen) atoms. The Morgan fingerprint density at radius 2 is 1.74 bits per heavy atom. The van der Waals surface area contributed by atoms with Gasteiger partial charge in [0.15, 0.2) is 34.4 Å². The van der Waals surface area contributed by atoms with Gasteiger partial charge in [-0.15, -0.1) is 10.2 Å². The van der Waals surface area contributed by atoms with Crippen molar-refractivity contribution < 1.29 is 14.3 Å². The lowest BCUT2D eigenvalue weighted by Gasteiger charge is -2.25. The number of nitrogens with one attached hydrogen (secondary N) is 1. The molecule has 0 fully saturated rings. The highest BCUT2D eigenvalue weighted by atomic mass is 32.2. The summed E-state index contributed by atoms with van der Waals surface area (Å²) in [6.45, 7) is 0.337. The van der Waals surface area contributed by atoms with Crippen LogP contribution in [0.2, 0.25) is 0 Å². The Kier molecular flexibility index (Phi) is 5.50. The molecular formula is C27H22N4O3S. The lowest BCUT2D eigenvalue weighted by atomic mass is 10.0. The van der Waals surface area contributed by atoms with Crippen molar-refractivity contribution in [1.82, 2.24) is 19.7 Å². The molecule has 5 aromatic rings. The number of hydrogen-bond acceptors (Lipinski definition) is 6. The summed E-state index contributed by atoms with van der Waals surface area (Å²) in [7, 11) is 1.89. The fourth-order valence-electron chi connectivity index (χ4n) is 4.28. The molecule has 0 spiro atoms. The van der Waals surface area contributed by atoms with E-state index in [1.807, 2.05) is 90.5 Å². The van der Waals surface area contributed by atoms with Crippen molar-refractivity contribution >= 4 is 28.4 Å². The SMILES string of the molecule is Cn1c(SC(C(=O)c2c[nH]c3ccccc23)c2ccccc2)nnc1C1COc2ccccc2O1. The molecule has 0 bridgehead atoms. The number of aromatic amines is 1. The molecule has 6 rings (SSSR count). The minimum absolute atomic E-state index is 0.00868. The summed E-state index contributed by atoms with van der Waals surface area (Å²) in [5.74, 6) is 2.05. The Labute approximate surface area is 206 Å². The zero-order chi connectivity index (χ0) is 23.8. The molecule has 1 aliphatic heterocycles. The Bertz CT molecular complexity index is 1510. The van der Waals surface area contributed by atoms with E-state index >= 15 is 0 Å². The Balaban J connectivity index is 1.32. The van der Waals surface area contributed by atoms with E-state index in [0.29, 0.717) is 34.7 Å². The number of benzene rings is 3. The third kappa shape index (κ3) is 3.95. The van der Waals surface area contributed by atoms with Crippen LogP contribution in [-0.2, 0) is 7.05 Å². The predicted molar refractivity (Wildman–Crippen MR) is 134 cm³/mol. The number of fused-ring (bicyclic) bond motifs is 2. The highest BCUT2D eigenvalue weighted by molar-refractivity contribution is 8.00. The lowest BCUT2D eigenvalue weighted by Crippen LogP contribution is -2.24. The fourth-order valence-corrected chi connectivity index (χ4v) is 5.36. The third-order valence-electron chi connectivity index (χ3n) is 6.08. The van der Waals surface area contributed by atoms with Gasteiger partial charge >= 0.3 is 0 Å². The summed E-state index contributed by atoms with van der Waals surface area (Å²) >= 11 is 1.38. The monoisotopic (exact) mass is 482 g/mol. The summed E-state index contributed by atoms with van der Waals surface area (Å²) in [5, 5.41) is 9.86. The molecule has 0 amide bonds. The third-order valence-corrected chi connectivity index (χ3v) is 7.37. The largest absolute Gasteiger partial charge is 0.485 e. The number of aromatic nitrogens is 4. The highest BCUT2D eigenvalue weighted by Crippen LogP contribution is 2.40. The molecule has 0 aliphatic carbocycles. The maximum atomic E-state index is 13.8. The molecule has 0 saturated carbocycles. The van der Waals surface area contributed by atoms with Gasteiger partial charge in [0.25, 0.3) is 0 Å². The second-order valence-corrected chi connectivity index (χ2v) is 9.36. The van der Waals surface area contributed by atoms with Crippen molar-refractivity contribution in [2.24, 2.45) is 7.05 Å². The number of ether oxygens (including phenoxy) is 2. The van der Waals surface area contributed by atoms with Crippen LogP contribution in [0.1, 0.15) is 33.1 Å². The van der Waals surface area contributed by atoms with Crippen molar-refractivity contribution in [1.29, 1.82) is 0 Å². The van der Waals surface area contributed by atoms with E-state index < -0.39 is 11.4 Å². The summed E-state index contributed by atoms with van der Waals surface area (Å²) in [5.41, 5.74) is 2.50. The van der Waals surface area contributed by atoms with Crippen LogP contribution >= 0.6 is 11.8 Å². The minimum atomic E-state index is -0.490. The van der Waals surface area contributed by atoms with Crippen molar-refractivity contribution in [3.63, 3.8) is 0 Å². The van der Waals surface area contributed by atoms with Gasteiger partial charge in [0.1, 0.15) is 11.9 Å². The highest BCUT2D eigenvalue weighted by Gasteiger charge is 2.31. The first kappa shape index (κ1) is 21.5. The fraction of sp³-hybridized carbons (Fsp3) is 0.148. The van der Waals surface area contributed by atoms with E-state index in [-0.39, 0.29) is 5.78 Å². The average molecular weight is 483 g/mol. The lowest BCUT2D eigenvalue weighted by molar-refractivity contribution is 0.0825. The van der Waals surface area contributed by atoms with Crippen LogP contribution in [0.25, 0.3) is 10.9 Å². The maximum Gasteiger partial charge on any atom is 0.192 e. The number of ketones is 1. The van der Waals surface area contributed by atoms with E-state index in [4.69, 9.17) is 9.47 Å². The second-order valence-electron chi connectivity index (χ2n) is 8.28. The van der Waals surface area contributed by atoms with E-state index in [1.165, 1.54) is 11.8 Å². The zero-order valence-corrected chi connectivity index (χ0v) is 19.7. The molecule has 7 nitrogen and oxygen atoms in total. The number of Topliss-reactive ketones (excluding diaryl/α,β-unsaturated/α-hetero) is 1.